The molecule has 0 bridgehead atoms. The summed E-state index contributed by atoms with van der Waals surface area (Å²) in [6, 6.07) is 0. The molecule has 0 aliphatic rings. The Morgan fingerprint density at radius 3 is 1.45 bits per heavy atom. The second kappa shape index (κ2) is 17.8. The van der Waals surface area contributed by atoms with Gasteiger partial charge in [0.25, 0.3) is 0 Å². The summed E-state index contributed by atoms with van der Waals surface area (Å²) in [6.07, 6.45) is 15.3. The molecule has 0 aromatic carbocycles. The molecule has 0 aliphatic heterocycles. The molecular formula is C25H48O4. The fourth-order valence-electron chi connectivity index (χ4n) is 4.35. The highest BCUT2D eigenvalue weighted by Gasteiger charge is 2.33. The lowest BCUT2D eigenvalue weighted by molar-refractivity contribution is -0.150. The molecule has 4 heteroatoms. The molecular weight excluding hydrogens is 364 g/mol. The Kier molecular flexibility index (Phi) is 17.1. The van der Waals surface area contributed by atoms with Crippen LogP contribution in [0.25, 0.3) is 0 Å². The Labute approximate surface area is 180 Å². The number of carbonyl (C=O) groups excluding carboxylic acids is 2. The second-order valence-electron chi connectivity index (χ2n) is 9.20. The van der Waals surface area contributed by atoms with E-state index in [9.17, 15) is 9.59 Å². The lowest BCUT2D eigenvalue weighted by Gasteiger charge is -2.31. The van der Waals surface area contributed by atoms with Gasteiger partial charge in [-0.05, 0) is 30.6 Å². The van der Waals surface area contributed by atoms with Crippen molar-refractivity contribution in [1.29, 1.82) is 0 Å². The number of hydrogen-bond donors (Lipinski definition) is 0. The number of methoxy groups -OCH3 is 2. The summed E-state index contributed by atoms with van der Waals surface area (Å²) in [5.74, 6) is 1.15. The van der Waals surface area contributed by atoms with Crippen LogP contribution in [0.15, 0.2) is 0 Å². The molecule has 172 valence electrons. The topological polar surface area (TPSA) is 52.6 Å². The molecule has 0 aromatic rings. The second-order valence-corrected chi connectivity index (χ2v) is 9.20. The Balaban J connectivity index is 3.76. The van der Waals surface area contributed by atoms with E-state index in [0.717, 1.165) is 19.3 Å². The maximum atomic E-state index is 12.2. The van der Waals surface area contributed by atoms with Crippen molar-refractivity contribution in [2.45, 2.75) is 111 Å². The predicted molar refractivity (Wildman–Crippen MR) is 121 cm³/mol. The Morgan fingerprint density at radius 2 is 1.07 bits per heavy atom. The summed E-state index contributed by atoms with van der Waals surface area (Å²) in [5, 5.41) is 0. The fraction of sp³-hybridized carbons (Fsp3) is 0.920. The van der Waals surface area contributed by atoms with Gasteiger partial charge in [0, 0.05) is 6.42 Å². The largest absolute Gasteiger partial charge is 0.469 e. The first-order valence-electron chi connectivity index (χ1n) is 12.0. The summed E-state index contributed by atoms with van der Waals surface area (Å²) in [4.78, 5) is 23.2. The maximum Gasteiger partial charge on any atom is 0.309 e. The normalized spacial score (nSPS) is 13.5. The highest BCUT2D eigenvalue weighted by molar-refractivity contribution is 5.73. The molecule has 0 radical (unpaired) electrons. The highest BCUT2D eigenvalue weighted by atomic mass is 16.5. The molecule has 0 fully saturated rings. The average molecular weight is 413 g/mol. The molecule has 0 amide bonds. The molecule has 4 nitrogen and oxygen atoms in total. The van der Waals surface area contributed by atoms with Gasteiger partial charge < -0.3 is 9.47 Å². The van der Waals surface area contributed by atoms with Crippen LogP contribution >= 0.6 is 0 Å². The van der Waals surface area contributed by atoms with Gasteiger partial charge in [-0.1, -0.05) is 91.9 Å². The van der Waals surface area contributed by atoms with Crippen molar-refractivity contribution in [1.82, 2.24) is 0 Å². The smallest absolute Gasteiger partial charge is 0.309 e. The molecule has 2 atom stereocenters. The Morgan fingerprint density at radius 1 is 0.621 bits per heavy atom. The number of esters is 2. The number of unbranched alkanes of at least 4 members (excludes halogenated alkanes) is 10. The molecule has 0 saturated heterocycles. The van der Waals surface area contributed by atoms with Gasteiger partial charge in [0.1, 0.15) is 0 Å². The first kappa shape index (κ1) is 27.9. The Hall–Kier alpha value is -1.06. The van der Waals surface area contributed by atoms with Crippen LogP contribution in [0.3, 0.4) is 0 Å². The van der Waals surface area contributed by atoms with E-state index in [1.54, 1.807) is 0 Å². The van der Waals surface area contributed by atoms with Gasteiger partial charge in [-0.25, -0.2) is 0 Å². The summed E-state index contributed by atoms with van der Waals surface area (Å²) in [5.41, 5.74) is 0. The number of hydrogen-bond acceptors (Lipinski definition) is 4. The number of rotatable bonds is 18. The van der Waals surface area contributed by atoms with E-state index in [0.29, 0.717) is 24.2 Å². The van der Waals surface area contributed by atoms with Crippen LogP contribution in [0.1, 0.15) is 111 Å². The number of carbonyl (C=O) groups is 2. The average Bonchev–Trinajstić information content (AvgIpc) is 2.69. The van der Waals surface area contributed by atoms with E-state index in [1.165, 1.54) is 72.0 Å². The van der Waals surface area contributed by atoms with Crippen LogP contribution in [0.4, 0.5) is 0 Å². The van der Waals surface area contributed by atoms with E-state index >= 15 is 0 Å². The van der Waals surface area contributed by atoms with Crippen molar-refractivity contribution in [2.75, 3.05) is 14.2 Å². The third-order valence-electron chi connectivity index (χ3n) is 6.16. The van der Waals surface area contributed by atoms with Crippen LogP contribution in [0.2, 0.25) is 0 Å². The zero-order valence-electron chi connectivity index (χ0n) is 20.1. The third kappa shape index (κ3) is 13.7. The monoisotopic (exact) mass is 412 g/mol. The lowest BCUT2D eigenvalue weighted by atomic mass is 9.74. The minimum atomic E-state index is -0.0882. The molecule has 0 rings (SSSR count). The van der Waals surface area contributed by atoms with E-state index < -0.39 is 0 Å². The van der Waals surface area contributed by atoms with E-state index in [2.05, 4.69) is 32.4 Å². The standard InChI is InChI=1S/C25H48O4/c1-20(2)22(24(21(3)4)25(27)29-6)18-16-14-12-10-8-7-9-11-13-15-17-19-23(26)28-5/h20-22,24H,7-19H2,1-6H3. The maximum absolute atomic E-state index is 12.2. The van der Waals surface area contributed by atoms with Crippen molar-refractivity contribution in [3.05, 3.63) is 0 Å². The van der Waals surface area contributed by atoms with Crippen molar-refractivity contribution < 1.29 is 19.1 Å². The van der Waals surface area contributed by atoms with Crippen LogP contribution in [0.5, 0.6) is 0 Å². The van der Waals surface area contributed by atoms with Crippen molar-refractivity contribution in [3.63, 3.8) is 0 Å². The fourth-order valence-corrected chi connectivity index (χ4v) is 4.35. The molecule has 2 unspecified atom stereocenters. The van der Waals surface area contributed by atoms with E-state index in [-0.39, 0.29) is 17.9 Å². The van der Waals surface area contributed by atoms with Crippen LogP contribution < -0.4 is 0 Å². The van der Waals surface area contributed by atoms with Crippen LogP contribution in [0, 0.1) is 23.7 Å². The summed E-state index contributed by atoms with van der Waals surface area (Å²) >= 11 is 0. The molecule has 0 spiro atoms. The summed E-state index contributed by atoms with van der Waals surface area (Å²) < 4.78 is 9.73. The minimum absolute atomic E-state index is 0.0209. The highest BCUT2D eigenvalue weighted by Crippen LogP contribution is 2.33. The van der Waals surface area contributed by atoms with Gasteiger partial charge in [-0.2, -0.15) is 0 Å². The molecule has 0 N–H and O–H groups in total. The van der Waals surface area contributed by atoms with Crippen molar-refractivity contribution in [2.24, 2.45) is 23.7 Å². The van der Waals surface area contributed by atoms with E-state index in [1.807, 2.05) is 0 Å². The van der Waals surface area contributed by atoms with Crippen molar-refractivity contribution in [3.8, 4) is 0 Å². The zero-order chi connectivity index (χ0) is 22.1. The first-order chi connectivity index (χ1) is 13.8. The molecule has 29 heavy (non-hydrogen) atoms. The quantitative estimate of drug-likeness (QED) is 0.180. The van der Waals surface area contributed by atoms with Crippen LogP contribution in [-0.2, 0) is 19.1 Å². The molecule has 0 saturated carbocycles. The van der Waals surface area contributed by atoms with Gasteiger partial charge in [0.05, 0.1) is 20.1 Å². The minimum Gasteiger partial charge on any atom is -0.469 e. The van der Waals surface area contributed by atoms with Gasteiger partial charge in [0.15, 0.2) is 0 Å². The Bertz CT molecular complexity index is 417. The lowest BCUT2D eigenvalue weighted by Crippen LogP contribution is -2.32. The van der Waals surface area contributed by atoms with Gasteiger partial charge >= 0.3 is 11.9 Å². The molecule has 0 heterocycles. The first-order valence-corrected chi connectivity index (χ1v) is 12.0. The van der Waals surface area contributed by atoms with E-state index in [4.69, 9.17) is 4.74 Å². The van der Waals surface area contributed by atoms with Gasteiger partial charge in [0.2, 0.25) is 0 Å². The molecule has 0 aromatic heterocycles. The number of ether oxygens (including phenoxy) is 2. The predicted octanol–water partition coefficient (Wildman–Crippen LogP) is 6.95. The third-order valence-corrected chi connectivity index (χ3v) is 6.16. The van der Waals surface area contributed by atoms with Gasteiger partial charge in [-0.15, -0.1) is 0 Å². The van der Waals surface area contributed by atoms with Crippen molar-refractivity contribution >= 4 is 11.9 Å². The molecule has 0 aliphatic carbocycles. The zero-order valence-corrected chi connectivity index (χ0v) is 20.1. The van der Waals surface area contributed by atoms with Gasteiger partial charge in [-0.3, -0.25) is 9.59 Å². The summed E-state index contributed by atoms with van der Waals surface area (Å²) in [6.45, 7) is 8.74. The SMILES string of the molecule is COC(=O)CCCCCCCCCCCCCC(C(C)C)C(C(=O)OC)C(C)C. The van der Waals surface area contributed by atoms with Crippen LogP contribution in [-0.4, -0.2) is 26.2 Å². The summed E-state index contributed by atoms with van der Waals surface area (Å²) in [7, 11) is 2.97.